The lowest BCUT2D eigenvalue weighted by atomic mass is 10.1. The van der Waals surface area contributed by atoms with Crippen LogP contribution in [0.25, 0.3) is 0 Å². The summed E-state index contributed by atoms with van der Waals surface area (Å²) in [5.74, 6) is -0.0996. The topological polar surface area (TPSA) is 20.3 Å². The Hall–Kier alpha value is -1.51. The zero-order valence-corrected chi connectivity index (χ0v) is 11.6. The van der Waals surface area contributed by atoms with Gasteiger partial charge in [-0.1, -0.05) is 47.5 Å². The number of nitrogens with zero attached hydrogens (tertiary/aromatic N) is 1. The molecule has 19 heavy (non-hydrogen) atoms. The second kappa shape index (κ2) is 4.87. The molecular weight excluding hydrogens is 281 g/mol. The van der Waals surface area contributed by atoms with Crippen molar-refractivity contribution in [3.05, 3.63) is 63.6 Å². The van der Waals surface area contributed by atoms with Crippen LogP contribution in [0, 0.1) is 0 Å². The normalized spacial score (nSPS) is 13.5. The Kier molecular flexibility index (Phi) is 3.21. The fourth-order valence-corrected chi connectivity index (χ4v) is 2.74. The molecule has 0 aliphatic carbocycles. The Morgan fingerprint density at radius 1 is 1.05 bits per heavy atom. The highest BCUT2D eigenvalue weighted by Gasteiger charge is 2.26. The Morgan fingerprint density at radius 3 is 2.68 bits per heavy atom. The van der Waals surface area contributed by atoms with Gasteiger partial charge < -0.3 is 4.90 Å². The summed E-state index contributed by atoms with van der Waals surface area (Å²) in [7, 11) is 0. The van der Waals surface area contributed by atoms with E-state index in [4.69, 9.17) is 23.2 Å². The molecule has 1 amide bonds. The van der Waals surface area contributed by atoms with Gasteiger partial charge in [0.05, 0.1) is 15.6 Å². The van der Waals surface area contributed by atoms with Crippen molar-refractivity contribution in [3.63, 3.8) is 0 Å². The smallest absolute Gasteiger partial charge is 0.259 e. The van der Waals surface area contributed by atoms with Gasteiger partial charge in [0.25, 0.3) is 5.91 Å². The molecule has 3 rings (SSSR count). The molecule has 2 nitrogen and oxygen atoms in total. The average Bonchev–Trinajstić information content (AvgIpc) is 2.85. The number of fused-ring (bicyclic) bond motifs is 1. The van der Waals surface area contributed by atoms with Crippen LogP contribution in [-0.4, -0.2) is 12.5 Å². The molecule has 0 aromatic heterocycles. The molecule has 1 aliphatic heterocycles. The number of hydrogen-bond acceptors (Lipinski definition) is 1. The molecule has 0 N–H and O–H groups in total. The van der Waals surface area contributed by atoms with Crippen molar-refractivity contribution >= 4 is 34.8 Å². The van der Waals surface area contributed by atoms with Gasteiger partial charge in [-0.25, -0.2) is 0 Å². The van der Waals surface area contributed by atoms with Gasteiger partial charge in [-0.15, -0.1) is 0 Å². The van der Waals surface area contributed by atoms with Gasteiger partial charge >= 0.3 is 0 Å². The van der Waals surface area contributed by atoms with Crippen LogP contribution in [0.4, 0.5) is 5.69 Å². The summed E-state index contributed by atoms with van der Waals surface area (Å²) in [5.41, 5.74) is 2.60. The predicted molar refractivity (Wildman–Crippen MR) is 78.3 cm³/mol. The standard InChI is InChI=1S/C15H11Cl2NO/c16-12-6-3-5-11(14(12)17)15(19)18-9-8-10-4-1-2-7-13(10)18/h1-7H,8-9H2. The highest BCUT2D eigenvalue weighted by molar-refractivity contribution is 6.44. The Balaban J connectivity index is 2.00. The number of amides is 1. The molecule has 0 radical (unpaired) electrons. The summed E-state index contributed by atoms with van der Waals surface area (Å²) in [6, 6.07) is 13.0. The van der Waals surface area contributed by atoms with Crippen molar-refractivity contribution in [2.24, 2.45) is 0 Å². The van der Waals surface area contributed by atoms with Gasteiger partial charge in [-0.05, 0) is 30.2 Å². The van der Waals surface area contributed by atoms with E-state index in [1.807, 2.05) is 24.3 Å². The fraction of sp³-hybridized carbons (Fsp3) is 0.133. The first-order valence-electron chi connectivity index (χ1n) is 6.02. The van der Waals surface area contributed by atoms with Crippen molar-refractivity contribution in [2.45, 2.75) is 6.42 Å². The van der Waals surface area contributed by atoms with Gasteiger partial charge in [-0.2, -0.15) is 0 Å². The van der Waals surface area contributed by atoms with E-state index < -0.39 is 0 Å². The van der Waals surface area contributed by atoms with E-state index in [1.165, 1.54) is 5.56 Å². The number of carbonyl (C=O) groups excluding carboxylic acids is 1. The molecular formula is C15H11Cl2NO. The molecule has 2 aromatic rings. The Labute approximate surface area is 121 Å². The molecule has 0 atom stereocenters. The third kappa shape index (κ3) is 2.11. The minimum absolute atomic E-state index is 0.0996. The van der Waals surface area contributed by atoms with E-state index in [0.29, 0.717) is 22.2 Å². The summed E-state index contributed by atoms with van der Waals surface area (Å²) in [6.45, 7) is 0.682. The monoisotopic (exact) mass is 291 g/mol. The number of hydrogen-bond donors (Lipinski definition) is 0. The first kappa shape index (κ1) is 12.5. The predicted octanol–water partition coefficient (Wildman–Crippen LogP) is 4.20. The van der Waals surface area contributed by atoms with Crippen molar-refractivity contribution < 1.29 is 4.79 Å². The second-order valence-corrected chi connectivity index (χ2v) is 5.22. The van der Waals surface area contributed by atoms with E-state index in [2.05, 4.69) is 0 Å². The minimum Gasteiger partial charge on any atom is -0.308 e. The number of anilines is 1. The highest BCUT2D eigenvalue weighted by atomic mass is 35.5. The lowest BCUT2D eigenvalue weighted by Gasteiger charge is -2.18. The maximum Gasteiger partial charge on any atom is 0.259 e. The van der Waals surface area contributed by atoms with Crippen LogP contribution < -0.4 is 4.90 Å². The van der Waals surface area contributed by atoms with Crippen molar-refractivity contribution in [3.8, 4) is 0 Å². The van der Waals surface area contributed by atoms with Crippen LogP contribution >= 0.6 is 23.2 Å². The SMILES string of the molecule is O=C(c1cccc(Cl)c1Cl)N1CCc2ccccc21. The molecule has 2 aromatic carbocycles. The van der Waals surface area contributed by atoms with E-state index in [0.717, 1.165) is 12.1 Å². The second-order valence-electron chi connectivity index (χ2n) is 4.44. The van der Waals surface area contributed by atoms with Crippen LogP contribution in [0.2, 0.25) is 10.0 Å². The molecule has 0 fully saturated rings. The molecule has 1 heterocycles. The number of carbonyl (C=O) groups is 1. The first-order valence-corrected chi connectivity index (χ1v) is 6.78. The third-order valence-corrected chi connectivity index (χ3v) is 4.13. The van der Waals surface area contributed by atoms with Crippen molar-refractivity contribution in [2.75, 3.05) is 11.4 Å². The number of rotatable bonds is 1. The van der Waals surface area contributed by atoms with Crippen LogP contribution in [0.3, 0.4) is 0 Å². The first-order chi connectivity index (χ1) is 9.18. The molecule has 4 heteroatoms. The van der Waals surface area contributed by atoms with Crippen LogP contribution in [-0.2, 0) is 6.42 Å². The zero-order chi connectivity index (χ0) is 13.4. The zero-order valence-electron chi connectivity index (χ0n) is 10.1. The summed E-state index contributed by atoms with van der Waals surface area (Å²) < 4.78 is 0. The van der Waals surface area contributed by atoms with Gasteiger partial charge in [0, 0.05) is 12.2 Å². The van der Waals surface area contributed by atoms with Gasteiger partial charge in [-0.3, -0.25) is 4.79 Å². The summed E-state index contributed by atoms with van der Waals surface area (Å²) in [5, 5.41) is 0.721. The van der Waals surface area contributed by atoms with E-state index >= 15 is 0 Å². The number of halogens is 2. The summed E-state index contributed by atoms with van der Waals surface area (Å²) in [4.78, 5) is 14.3. The van der Waals surface area contributed by atoms with Gasteiger partial charge in [0.1, 0.15) is 0 Å². The lowest BCUT2D eigenvalue weighted by Crippen LogP contribution is -2.29. The largest absolute Gasteiger partial charge is 0.308 e. The fourth-order valence-electron chi connectivity index (χ4n) is 2.36. The summed E-state index contributed by atoms with van der Waals surface area (Å²) in [6.07, 6.45) is 0.875. The summed E-state index contributed by atoms with van der Waals surface area (Å²) >= 11 is 12.1. The molecule has 0 unspecified atom stereocenters. The van der Waals surface area contributed by atoms with Gasteiger partial charge in [0.2, 0.25) is 0 Å². The molecule has 96 valence electrons. The maximum absolute atomic E-state index is 12.6. The highest BCUT2D eigenvalue weighted by Crippen LogP contribution is 2.32. The van der Waals surface area contributed by atoms with Crippen LogP contribution in [0.15, 0.2) is 42.5 Å². The lowest BCUT2D eigenvalue weighted by molar-refractivity contribution is 0.0989. The quantitative estimate of drug-likeness (QED) is 0.771. The third-order valence-electron chi connectivity index (χ3n) is 3.31. The molecule has 0 spiro atoms. The van der Waals surface area contributed by atoms with E-state index in [9.17, 15) is 4.79 Å². The molecule has 0 saturated heterocycles. The minimum atomic E-state index is -0.0996. The van der Waals surface area contributed by atoms with Gasteiger partial charge in [0.15, 0.2) is 0 Å². The number of benzene rings is 2. The molecule has 0 bridgehead atoms. The average molecular weight is 292 g/mol. The Morgan fingerprint density at radius 2 is 1.84 bits per heavy atom. The Bertz CT molecular complexity index is 654. The molecule has 1 aliphatic rings. The van der Waals surface area contributed by atoms with Crippen molar-refractivity contribution in [1.82, 2.24) is 0 Å². The van der Waals surface area contributed by atoms with E-state index in [-0.39, 0.29) is 5.91 Å². The van der Waals surface area contributed by atoms with Crippen molar-refractivity contribution in [1.29, 1.82) is 0 Å². The maximum atomic E-state index is 12.6. The molecule has 0 saturated carbocycles. The van der Waals surface area contributed by atoms with E-state index in [1.54, 1.807) is 23.1 Å². The van der Waals surface area contributed by atoms with Crippen LogP contribution in [0.5, 0.6) is 0 Å². The van der Waals surface area contributed by atoms with Crippen LogP contribution in [0.1, 0.15) is 15.9 Å². The number of para-hydroxylation sites is 1.